The second-order valence-corrected chi connectivity index (χ2v) is 6.77. The Morgan fingerprint density at radius 3 is 2.44 bits per heavy atom. The maximum Gasteiger partial charge on any atom is 0.307 e. The predicted molar refractivity (Wildman–Crippen MR) is 96.1 cm³/mol. The van der Waals surface area contributed by atoms with E-state index in [4.69, 9.17) is 9.26 Å². The first-order valence-electron chi connectivity index (χ1n) is 7.89. The third-order valence-electron chi connectivity index (χ3n) is 4.10. The van der Waals surface area contributed by atoms with Crippen LogP contribution in [0.4, 0.5) is 0 Å². The van der Waals surface area contributed by atoms with Crippen molar-refractivity contribution in [1.29, 1.82) is 0 Å². The number of rotatable bonds is 6. The standard InChI is InChI=1S/C18H21BrN2O4/c1-10(17-11(2)21-25-12(17)3)18(23)20-15(9-16(22)24-4)13-5-7-14(19)8-6-13/h5-8,10,15H,9H2,1-4H3,(H,20,23). The summed E-state index contributed by atoms with van der Waals surface area (Å²) in [7, 11) is 1.33. The van der Waals surface area contributed by atoms with Gasteiger partial charge in [0, 0.05) is 10.0 Å². The Labute approximate surface area is 155 Å². The summed E-state index contributed by atoms with van der Waals surface area (Å²) in [5, 5.41) is 6.83. The Bertz CT molecular complexity index is 735. The molecule has 2 aromatic rings. The molecule has 0 radical (unpaired) electrons. The van der Waals surface area contributed by atoms with E-state index in [-0.39, 0.29) is 12.3 Å². The molecule has 0 spiro atoms. The van der Waals surface area contributed by atoms with Crippen LogP contribution in [0.25, 0.3) is 0 Å². The van der Waals surface area contributed by atoms with Crippen LogP contribution in [0.1, 0.15) is 47.9 Å². The molecule has 6 nitrogen and oxygen atoms in total. The van der Waals surface area contributed by atoms with E-state index in [9.17, 15) is 9.59 Å². The Hall–Kier alpha value is -2.15. The zero-order chi connectivity index (χ0) is 18.6. The van der Waals surface area contributed by atoms with Crippen LogP contribution in [0.2, 0.25) is 0 Å². The van der Waals surface area contributed by atoms with Gasteiger partial charge in [-0.05, 0) is 38.5 Å². The Kier molecular flexibility index (Phi) is 6.36. The molecule has 0 aliphatic heterocycles. The molecule has 0 fully saturated rings. The molecule has 0 aliphatic rings. The van der Waals surface area contributed by atoms with Gasteiger partial charge < -0.3 is 14.6 Å². The molecule has 1 amide bonds. The highest BCUT2D eigenvalue weighted by Gasteiger charge is 2.26. The van der Waals surface area contributed by atoms with Crippen molar-refractivity contribution in [2.45, 2.75) is 39.2 Å². The lowest BCUT2D eigenvalue weighted by molar-refractivity contribution is -0.141. The fourth-order valence-corrected chi connectivity index (χ4v) is 3.00. The number of carbonyl (C=O) groups is 2. The van der Waals surface area contributed by atoms with Crippen molar-refractivity contribution < 1.29 is 18.8 Å². The van der Waals surface area contributed by atoms with Crippen molar-refractivity contribution in [2.75, 3.05) is 7.11 Å². The van der Waals surface area contributed by atoms with Crippen molar-refractivity contribution >= 4 is 27.8 Å². The molecule has 0 bridgehead atoms. The molecule has 7 heteroatoms. The van der Waals surface area contributed by atoms with Gasteiger partial charge in [-0.2, -0.15) is 0 Å². The number of benzene rings is 1. The SMILES string of the molecule is COC(=O)CC(NC(=O)C(C)c1c(C)noc1C)c1ccc(Br)cc1. The number of aromatic nitrogens is 1. The van der Waals surface area contributed by atoms with Crippen LogP contribution in [0.3, 0.4) is 0 Å². The number of halogens is 1. The molecule has 0 saturated heterocycles. The lowest BCUT2D eigenvalue weighted by Gasteiger charge is -2.21. The molecule has 0 saturated carbocycles. The Morgan fingerprint density at radius 2 is 1.92 bits per heavy atom. The monoisotopic (exact) mass is 408 g/mol. The van der Waals surface area contributed by atoms with Gasteiger partial charge in [0.1, 0.15) is 5.76 Å². The van der Waals surface area contributed by atoms with E-state index in [1.165, 1.54) is 7.11 Å². The minimum atomic E-state index is -0.476. The largest absolute Gasteiger partial charge is 0.469 e. The molecule has 134 valence electrons. The molecule has 1 N–H and O–H groups in total. The molecular formula is C18H21BrN2O4. The van der Waals surface area contributed by atoms with Crippen LogP contribution in [0.5, 0.6) is 0 Å². The number of methoxy groups -OCH3 is 1. The van der Waals surface area contributed by atoms with E-state index >= 15 is 0 Å². The van der Waals surface area contributed by atoms with Gasteiger partial charge >= 0.3 is 5.97 Å². The quantitative estimate of drug-likeness (QED) is 0.738. The zero-order valence-corrected chi connectivity index (χ0v) is 16.2. The van der Waals surface area contributed by atoms with Gasteiger partial charge in [-0.15, -0.1) is 0 Å². The van der Waals surface area contributed by atoms with E-state index < -0.39 is 17.9 Å². The first-order chi connectivity index (χ1) is 11.8. The highest BCUT2D eigenvalue weighted by Crippen LogP contribution is 2.26. The lowest BCUT2D eigenvalue weighted by Crippen LogP contribution is -2.33. The van der Waals surface area contributed by atoms with Gasteiger partial charge in [0.15, 0.2) is 0 Å². The van der Waals surface area contributed by atoms with Crippen LogP contribution < -0.4 is 5.32 Å². The van der Waals surface area contributed by atoms with Crippen LogP contribution in [0.15, 0.2) is 33.3 Å². The summed E-state index contributed by atoms with van der Waals surface area (Å²) < 4.78 is 10.8. The van der Waals surface area contributed by atoms with Crippen LogP contribution in [0, 0.1) is 13.8 Å². The molecule has 25 heavy (non-hydrogen) atoms. The second kappa shape index (κ2) is 8.29. The maximum absolute atomic E-state index is 12.7. The number of ether oxygens (including phenoxy) is 1. The molecule has 2 unspecified atom stereocenters. The highest BCUT2D eigenvalue weighted by molar-refractivity contribution is 9.10. The van der Waals surface area contributed by atoms with Gasteiger partial charge in [-0.3, -0.25) is 9.59 Å². The third-order valence-corrected chi connectivity index (χ3v) is 4.63. The summed E-state index contributed by atoms with van der Waals surface area (Å²) in [6.45, 7) is 5.37. The van der Waals surface area contributed by atoms with E-state index in [0.717, 1.165) is 15.6 Å². The van der Waals surface area contributed by atoms with Crippen molar-refractivity contribution in [3.8, 4) is 0 Å². The number of aryl methyl sites for hydroxylation is 2. The number of amides is 1. The molecule has 2 atom stereocenters. The van der Waals surface area contributed by atoms with Crippen LogP contribution >= 0.6 is 15.9 Å². The summed E-state index contributed by atoms with van der Waals surface area (Å²) in [5.41, 5.74) is 2.28. The number of nitrogens with zero attached hydrogens (tertiary/aromatic N) is 1. The maximum atomic E-state index is 12.7. The molecular weight excluding hydrogens is 388 g/mol. The number of carbonyl (C=O) groups excluding carboxylic acids is 2. The van der Waals surface area contributed by atoms with Crippen LogP contribution in [-0.4, -0.2) is 24.1 Å². The smallest absolute Gasteiger partial charge is 0.307 e. The van der Waals surface area contributed by atoms with Crippen molar-refractivity contribution in [3.05, 3.63) is 51.3 Å². The van der Waals surface area contributed by atoms with Gasteiger partial charge in [0.25, 0.3) is 0 Å². The van der Waals surface area contributed by atoms with Crippen molar-refractivity contribution in [2.24, 2.45) is 0 Å². The summed E-state index contributed by atoms with van der Waals surface area (Å²) in [6, 6.07) is 6.97. The van der Waals surface area contributed by atoms with E-state index in [1.807, 2.05) is 24.3 Å². The normalized spacial score (nSPS) is 13.2. The van der Waals surface area contributed by atoms with Crippen molar-refractivity contribution in [1.82, 2.24) is 10.5 Å². The topological polar surface area (TPSA) is 81.4 Å². The highest BCUT2D eigenvalue weighted by atomic mass is 79.9. The number of hydrogen-bond donors (Lipinski definition) is 1. The predicted octanol–water partition coefficient (Wildman–Crippen LogP) is 3.58. The molecule has 1 heterocycles. The fourth-order valence-electron chi connectivity index (χ4n) is 2.73. The Morgan fingerprint density at radius 1 is 1.28 bits per heavy atom. The van der Waals surface area contributed by atoms with Gasteiger partial charge in [0.2, 0.25) is 5.91 Å². The Balaban J connectivity index is 2.21. The lowest BCUT2D eigenvalue weighted by atomic mass is 9.97. The molecule has 1 aromatic carbocycles. The number of esters is 1. The minimum absolute atomic E-state index is 0.0538. The molecule has 0 aliphatic carbocycles. The first kappa shape index (κ1) is 19.2. The average Bonchev–Trinajstić information content (AvgIpc) is 2.92. The zero-order valence-electron chi connectivity index (χ0n) is 14.6. The van der Waals surface area contributed by atoms with Gasteiger partial charge in [0.05, 0.1) is 31.2 Å². The van der Waals surface area contributed by atoms with Crippen molar-refractivity contribution in [3.63, 3.8) is 0 Å². The third kappa shape index (κ3) is 4.69. The average molecular weight is 409 g/mol. The molecule has 2 rings (SSSR count). The van der Waals surface area contributed by atoms with Gasteiger partial charge in [-0.1, -0.05) is 33.2 Å². The van der Waals surface area contributed by atoms with E-state index in [1.54, 1.807) is 20.8 Å². The summed E-state index contributed by atoms with van der Waals surface area (Å²) in [6.07, 6.45) is 0.0538. The summed E-state index contributed by atoms with van der Waals surface area (Å²) in [5.74, 6) is -0.417. The number of hydrogen-bond acceptors (Lipinski definition) is 5. The second-order valence-electron chi connectivity index (χ2n) is 5.85. The number of nitrogens with one attached hydrogen (secondary N) is 1. The molecule has 1 aromatic heterocycles. The summed E-state index contributed by atoms with van der Waals surface area (Å²) >= 11 is 3.38. The van der Waals surface area contributed by atoms with E-state index in [2.05, 4.69) is 26.4 Å². The summed E-state index contributed by atoms with van der Waals surface area (Å²) in [4.78, 5) is 24.5. The first-order valence-corrected chi connectivity index (χ1v) is 8.68. The van der Waals surface area contributed by atoms with Crippen LogP contribution in [-0.2, 0) is 14.3 Å². The van der Waals surface area contributed by atoms with E-state index in [0.29, 0.717) is 11.5 Å². The minimum Gasteiger partial charge on any atom is -0.469 e. The van der Waals surface area contributed by atoms with Gasteiger partial charge in [-0.25, -0.2) is 0 Å². The fraction of sp³-hybridized carbons (Fsp3) is 0.389.